The Kier molecular flexibility index (Phi) is 5.42. The molecule has 88 valence electrons. The van der Waals surface area contributed by atoms with Crippen LogP contribution < -0.4 is 5.32 Å². The van der Waals surface area contributed by atoms with Crippen LogP contribution in [0.5, 0.6) is 0 Å². The molecule has 4 nitrogen and oxygen atoms in total. The highest BCUT2D eigenvalue weighted by Gasteiger charge is 2.10. The third-order valence-electron chi connectivity index (χ3n) is 2.09. The summed E-state index contributed by atoms with van der Waals surface area (Å²) in [6, 6.07) is 3.56. The highest BCUT2D eigenvalue weighted by Crippen LogP contribution is 2.07. The van der Waals surface area contributed by atoms with Gasteiger partial charge >= 0.3 is 0 Å². The van der Waals surface area contributed by atoms with Gasteiger partial charge in [0.15, 0.2) is 0 Å². The molecule has 0 saturated heterocycles. The molecule has 0 saturated carbocycles. The van der Waals surface area contributed by atoms with E-state index in [4.69, 9.17) is 4.74 Å². The molecule has 1 rings (SSSR count). The number of hydrogen-bond acceptors (Lipinski definition) is 3. The third kappa shape index (κ3) is 4.28. The summed E-state index contributed by atoms with van der Waals surface area (Å²) in [6.07, 6.45) is 2.40. The molecule has 0 aromatic carbocycles. The van der Waals surface area contributed by atoms with Gasteiger partial charge in [0.25, 0.3) is 5.91 Å². The van der Waals surface area contributed by atoms with Gasteiger partial charge in [-0.25, -0.2) is 4.98 Å². The molecule has 1 aromatic heterocycles. The van der Waals surface area contributed by atoms with E-state index >= 15 is 0 Å². The fourth-order valence-electron chi connectivity index (χ4n) is 1.17. The van der Waals surface area contributed by atoms with Gasteiger partial charge in [-0.1, -0.05) is 0 Å². The van der Waals surface area contributed by atoms with Crippen molar-refractivity contribution in [3.05, 3.63) is 28.5 Å². The Labute approximate surface area is 104 Å². The van der Waals surface area contributed by atoms with Gasteiger partial charge in [0, 0.05) is 30.4 Å². The second-order valence-electron chi connectivity index (χ2n) is 3.52. The van der Waals surface area contributed by atoms with Crippen molar-refractivity contribution in [3.8, 4) is 0 Å². The van der Waals surface area contributed by atoms with E-state index < -0.39 is 0 Å². The fourth-order valence-corrected chi connectivity index (χ4v) is 1.41. The zero-order valence-electron chi connectivity index (χ0n) is 9.37. The Balaban J connectivity index is 2.48. The Morgan fingerprint density at radius 1 is 1.62 bits per heavy atom. The first-order valence-corrected chi connectivity index (χ1v) is 5.84. The molecular formula is C11H15BrN2O2. The highest BCUT2D eigenvalue weighted by atomic mass is 79.9. The Bertz CT molecular complexity index is 340. The van der Waals surface area contributed by atoms with Crippen molar-refractivity contribution >= 4 is 21.8 Å². The summed E-state index contributed by atoms with van der Waals surface area (Å²) >= 11 is 3.27. The summed E-state index contributed by atoms with van der Waals surface area (Å²) in [6.45, 7) is 2.57. The van der Waals surface area contributed by atoms with E-state index in [1.165, 1.54) is 0 Å². The molecule has 1 amide bonds. The molecule has 0 spiro atoms. The van der Waals surface area contributed by atoms with Crippen LogP contribution in [0.3, 0.4) is 0 Å². The van der Waals surface area contributed by atoms with Gasteiger partial charge in [-0.2, -0.15) is 0 Å². The van der Waals surface area contributed by atoms with Gasteiger partial charge in [-0.15, -0.1) is 0 Å². The average Bonchev–Trinajstić information content (AvgIpc) is 2.27. The summed E-state index contributed by atoms with van der Waals surface area (Å²) in [5, 5.41) is 2.85. The molecule has 0 bridgehead atoms. The molecule has 0 fully saturated rings. The summed E-state index contributed by atoms with van der Waals surface area (Å²) in [7, 11) is 1.64. The maximum Gasteiger partial charge on any atom is 0.270 e. The zero-order chi connectivity index (χ0) is 12.0. The largest absolute Gasteiger partial charge is 0.385 e. The zero-order valence-corrected chi connectivity index (χ0v) is 11.0. The number of carbonyl (C=O) groups excluding carboxylic acids is 1. The standard InChI is InChI=1S/C11H15BrN2O2/c1-8(5-6-16-2)14-11(15)10-4-3-9(12)7-13-10/h3-4,7-8H,5-6H2,1-2H3,(H,14,15). The van der Waals surface area contributed by atoms with Gasteiger partial charge in [0.1, 0.15) is 5.69 Å². The van der Waals surface area contributed by atoms with Crippen LogP contribution in [0.1, 0.15) is 23.8 Å². The van der Waals surface area contributed by atoms with E-state index in [0.29, 0.717) is 12.3 Å². The average molecular weight is 287 g/mol. The lowest BCUT2D eigenvalue weighted by atomic mass is 10.2. The predicted molar refractivity (Wildman–Crippen MR) is 65.4 cm³/mol. The number of ether oxygens (including phenoxy) is 1. The minimum atomic E-state index is -0.156. The number of rotatable bonds is 5. The van der Waals surface area contributed by atoms with Crippen molar-refractivity contribution < 1.29 is 9.53 Å². The predicted octanol–water partition coefficient (Wildman–Crippen LogP) is 2.00. The van der Waals surface area contributed by atoms with Crippen molar-refractivity contribution in [2.24, 2.45) is 0 Å². The quantitative estimate of drug-likeness (QED) is 0.901. The molecule has 0 aliphatic heterocycles. The van der Waals surface area contributed by atoms with Crippen molar-refractivity contribution in [2.75, 3.05) is 13.7 Å². The highest BCUT2D eigenvalue weighted by molar-refractivity contribution is 9.10. The monoisotopic (exact) mass is 286 g/mol. The van der Waals surface area contributed by atoms with Crippen LogP contribution in [0.25, 0.3) is 0 Å². The molecule has 16 heavy (non-hydrogen) atoms. The van der Waals surface area contributed by atoms with E-state index in [0.717, 1.165) is 10.9 Å². The van der Waals surface area contributed by atoms with E-state index in [1.807, 2.05) is 6.92 Å². The van der Waals surface area contributed by atoms with Gasteiger partial charge in [-0.05, 0) is 41.4 Å². The topological polar surface area (TPSA) is 51.2 Å². The van der Waals surface area contributed by atoms with Gasteiger partial charge in [0.05, 0.1) is 0 Å². The van der Waals surface area contributed by atoms with Gasteiger partial charge in [-0.3, -0.25) is 4.79 Å². The number of carbonyl (C=O) groups is 1. The SMILES string of the molecule is COCCC(C)NC(=O)c1ccc(Br)cn1. The van der Waals surface area contributed by atoms with Gasteiger partial charge < -0.3 is 10.1 Å². The Hall–Kier alpha value is -0.940. The smallest absolute Gasteiger partial charge is 0.270 e. The van der Waals surface area contributed by atoms with Crippen molar-refractivity contribution in [1.82, 2.24) is 10.3 Å². The number of amides is 1. The van der Waals surface area contributed by atoms with E-state index in [2.05, 4.69) is 26.2 Å². The number of nitrogens with zero attached hydrogens (tertiary/aromatic N) is 1. The minimum absolute atomic E-state index is 0.0814. The minimum Gasteiger partial charge on any atom is -0.385 e. The van der Waals surface area contributed by atoms with Crippen molar-refractivity contribution in [3.63, 3.8) is 0 Å². The molecule has 0 aliphatic carbocycles. The molecule has 0 aliphatic rings. The van der Waals surface area contributed by atoms with Crippen LogP contribution in [-0.4, -0.2) is 30.6 Å². The maximum atomic E-state index is 11.7. The molecule has 1 heterocycles. The van der Waals surface area contributed by atoms with Crippen LogP contribution in [0.4, 0.5) is 0 Å². The molecule has 1 N–H and O–H groups in total. The van der Waals surface area contributed by atoms with Crippen LogP contribution in [0, 0.1) is 0 Å². The van der Waals surface area contributed by atoms with Crippen LogP contribution in [0.2, 0.25) is 0 Å². The molecule has 1 atom stereocenters. The number of hydrogen-bond donors (Lipinski definition) is 1. The molecule has 5 heteroatoms. The number of aromatic nitrogens is 1. The van der Waals surface area contributed by atoms with E-state index in [1.54, 1.807) is 25.4 Å². The first-order chi connectivity index (χ1) is 7.63. The number of halogens is 1. The molecular weight excluding hydrogens is 272 g/mol. The molecule has 1 unspecified atom stereocenters. The number of pyridine rings is 1. The Morgan fingerprint density at radius 3 is 2.94 bits per heavy atom. The molecule has 0 radical (unpaired) electrons. The number of nitrogens with one attached hydrogen (secondary N) is 1. The first kappa shape index (κ1) is 13.1. The summed E-state index contributed by atoms with van der Waals surface area (Å²) < 4.78 is 5.80. The van der Waals surface area contributed by atoms with Crippen molar-refractivity contribution in [2.45, 2.75) is 19.4 Å². The lowest BCUT2D eigenvalue weighted by Gasteiger charge is -2.12. The van der Waals surface area contributed by atoms with Crippen LogP contribution >= 0.6 is 15.9 Å². The first-order valence-electron chi connectivity index (χ1n) is 5.05. The second kappa shape index (κ2) is 6.60. The van der Waals surface area contributed by atoms with Crippen LogP contribution in [-0.2, 0) is 4.74 Å². The number of methoxy groups -OCH3 is 1. The maximum absolute atomic E-state index is 11.7. The normalized spacial score (nSPS) is 12.2. The second-order valence-corrected chi connectivity index (χ2v) is 4.43. The van der Waals surface area contributed by atoms with Crippen LogP contribution in [0.15, 0.2) is 22.8 Å². The van der Waals surface area contributed by atoms with Crippen molar-refractivity contribution in [1.29, 1.82) is 0 Å². The van der Waals surface area contributed by atoms with Gasteiger partial charge in [0.2, 0.25) is 0 Å². The summed E-state index contributed by atoms with van der Waals surface area (Å²) in [5.41, 5.74) is 0.424. The lowest BCUT2D eigenvalue weighted by molar-refractivity contribution is 0.0924. The lowest BCUT2D eigenvalue weighted by Crippen LogP contribution is -2.33. The van der Waals surface area contributed by atoms with E-state index in [9.17, 15) is 4.79 Å². The van der Waals surface area contributed by atoms with E-state index in [-0.39, 0.29) is 11.9 Å². The summed E-state index contributed by atoms with van der Waals surface area (Å²) in [4.78, 5) is 15.7. The third-order valence-corrected chi connectivity index (χ3v) is 2.56. The Morgan fingerprint density at radius 2 is 2.38 bits per heavy atom. The molecule has 1 aromatic rings. The summed E-state index contributed by atoms with van der Waals surface area (Å²) in [5.74, 6) is -0.156. The fraction of sp³-hybridized carbons (Fsp3) is 0.455.